The van der Waals surface area contributed by atoms with Gasteiger partial charge in [0.05, 0.1) is 6.10 Å². The molecule has 0 saturated carbocycles. The van der Waals surface area contributed by atoms with Crippen molar-refractivity contribution < 1.29 is 5.11 Å². The van der Waals surface area contributed by atoms with E-state index in [1.165, 1.54) is 24.0 Å². The molecule has 1 aliphatic carbocycles. The Bertz CT molecular complexity index is 617. The molecule has 2 aromatic rings. The highest BCUT2D eigenvalue weighted by Gasteiger charge is 2.17. The largest absolute Gasteiger partial charge is 0.388 e. The van der Waals surface area contributed by atoms with E-state index >= 15 is 0 Å². The fourth-order valence-corrected chi connectivity index (χ4v) is 3.56. The fourth-order valence-electron chi connectivity index (χ4n) is 2.91. The van der Waals surface area contributed by atoms with Gasteiger partial charge in [-0.3, -0.25) is 0 Å². The Morgan fingerprint density at radius 2 is 1.70 bits per heavy atom. The summed E-state index contributed by atoms with van der Waals surface area (Å²) in [5, 5.41) is 11.5. The van der Waals surface area contributed by atoms with Crippen LogP contribution < -0.4 is 0 Å². The van der Waals surface area contributed by atoms with E-state index in [0.29, 0.717) is 22.0 Å². The number of hydrogen-bond acceptors (Lipinski definition) is 1. The van der Waals surface area contributed by atoms with Crippen molar-refractivity contribution in [2.24, 2.45) is 0 Å². The van der Waals surface area contributed by atoms with E-state index in [4.69, 9.17) is 23.2 Å². The van der Waals surface area contributed by atoms with E-state index in [1.807, 2.05) is 0 Å². The van der Waals surface area contributed by atoms with Gasteiger partial charge in [-0.1, -0.05) is 47.5 Å². The van der Waals surface area contributed by atoms with Crippen LogP contribution in [0.1, 0.15) is 34.8 Å². The SMILES string of the molecule is OC(Cc1ccc2c(c1)CCC2)c1c(Cl)cccc1Cl. The predicted octanol–water partition coefficient (Wildman–Crippen LogP) is 4.76. The minimum atomic E-state index is -0.671. The second kappa shape index (κ2) is 5.77. The highest BCUT2D eigenvalue weighted by atomic mass is 35.5. The van der Waals surface area contributed by atoms with Gasteiger partial charge in [-0.2, -0.15) is 0 Å². The molecule has 1 aliphatic rings. The van der Waals surface area contributed by atoms with Crippen LogP contribution in [0.2, 0.25) is 10.0 Å². The molecule has 3 heteroatoms. The van der Waals surface area contributed by atoms with Crippen molar-refractivity contribution in [2.45, 2.75) is 31.8 Å². The van der Waals surface area contributed by atoms with Gasteiger partial charge in [-0.15, -0.1) is 0 Å². The third-order valence-corrected chi connectivity index (χ3v) is 4.58. The van der Waals surface area contributed by atoms with Gasteiger partial charge in [0.1, 0.15) is 0 Å². The van der Waals surface area contributed by atoms with Crippen molar-refractivity contribution in [1.82, 2.24) is 0 Å². The maximum Gasteiger partial charge on any atom is 0.0859 e. The first-order valence-electron chi connectivity index (χ1n) is 6.88. The maximum atomic E-state index is 10.4. The highest BCUT2D eigenvalue weighted by Crippen LogP contribution is 2.33. The van der Waals surface area contributed by atoms with Gasteiger partial charge in [0.25, 0.3) is 0 Å². The Morgan fingerprint density at radius 3 is 2.45 bits per heavy atom. The summed E-state index contributed by atoms with van der Waals surface area (Å²) in [5.41, 5.74) is 4.62. The number of fused-ring (bicyclic) bond motifs is 1. The lowest BCUT2D eigenvalue weighted by atomic mass is 9.98. The van der Waals surface area contributed by atoms with Crippen LogP contribution in [0.4, 0.5) is 0 Å². The lowest BCUT2D eigenvalue weighted by molar-refractivity contribution is 0.178. The molecule has 0 fully saturated rings. The molecule has 1 N–H and O–H groups in total. The molecule has 0 bridgehead atoms. The number of halogens is 2. The van der Waals surface area contributed by atoms with Gasteiger partial charge in [0, 0.05) is 22.0 Å². The van der Waals surface area contributed by atoms with Crippen molar-refractivity contribution in [2.75, 3.05) is 0 Å². The van der Waals surface area contributed by atoms with Gasteiger partial charge < -0.3 is 5.11 Å². The van der Waals surface area contributed by atoms with Crippen molar-refractivity contribution in [3.8, 4) is 0 Å². The fraction of sp³-hybridized carbons (Fsp3) is 0.294. The summed E-state index contributed by atoms with van der Waals surface area (Å²) in [7, 11) is 0. The van der Waals surface area contributed by atoms with Crippen LogP contribution in [0.5, 0.6) is 0 Å². The Morgan fingerprint density at radius 1 is 1.00 bits per heavy atom. The zero-order valence-corrected chi connectivity index (χ0v) is 12.6. The summed E-state index contributed by atoms with van der Waals surface area (Å²) in [6.07, 6.45) is 3.42. The zero-order valence-electron chi connectivity index (χ0n) is 11.1. The van der Waals surface area contributed by atoms with Gasteiger partial charge in [0.2, 0.25) is 0 Å². The molecule has 0 aliphatic heterocycles. The third-order valence-electron chi connectivity index (χ3n) is 3.92. The first-order valence-corrected chi connectivity index (χ1v) is 7.63. The number of rotatable bonds is 3. The van der Waals surface area contributed by atoms with Gasteiger partial charge in [0.15, 0.2) is 0 Å². The van der Waals surface area contributed by atoms with Crippen molar-refractivity contribution in [3.63, 3.8) is 0 Å². The first kappa shape index (κ1) is 13.9. The second-order valence-electron chi connectivity index (χ2n) is 5.31. The van der Waals surface area contributed by atoms with E-state index in [2.05, 4.69) is 18.2 Å². The number of benzene rings is 2. The van der Waals surface area contributed by atoms with Gasteiger partial charge >= 0.3 is 0 Å². The first-order chi connectivity index (χ1) is 9.65. The maximum absolute atomic E-state index is 10.4. The molecule has 2 aromatic carbocycles. The summed E-state index contributed by atoms with van der Waals surface area (Å²) < 4.78 is 0. The van der Waals surface area contributed by atoms with Crippen molar-refractivity contribution >= 4 is 23.2 Å². The lowest BCUT2D eigenvalue weighted by Gasteiger charge is -2.15. The van der Waals surface area contributed by atoms with Gasteiger partial charge in [-0.05, 0) is 48.1 Å². The number of hydrogen-bond donors (Lipinski definition) is 1. The lowest BCUT2D eigenvalue weighted by Crippen LogP contribution is -2.04. The van der Waals surface area contributed by atoms with Crippen LogP contribution in [0, 0.1) is 0 Å². The third kappa shape index (κ3) is 2.71. The second-order valence-corrected chi connectivity index (χ2v) is 6.13. The molecule has 3 rings (SSSR count). The van der Waals surface area contributed by atoms with E-state index < -0.39 is 6.10 Å². The van der Waals surface area contributed by atoms with Crippen LogP contribution in [-0.2, 0) is 19.3 Å². The Kier molecular flexibility index (Phi) is 4.02. The Hall–Kier alpha value is -1.02. The molecular formula is C17H16Cl2O. The quantitative estimate of drug-likeness (QED) is 0.867. The topological polar surface area (TPSA) is 20.2 Å². The van der Waals surface area contributed by atoms with Gasteiger partial charge in [-0.25, -0.2) is 0 Å². The van der Waals surface area contributed by atoms with E-state index in [0.717, 1.165) is 12.0 Å². The highest BCUT2D eigenvalue weighted by molar-refractivity contribution is 6.36. The summed E-state index contributed by atoms with van der Waals surface area (Å²) in [4.78, 5) is 0. The van der Waals surface area contributed by atoms with Crippen LogP contribution in [-0.4, -0.2) is 5.11 Å². The summed E-state index contributed by atoms with van der Waals surface area (Å²) in [6, 6.07) is 11.8. The average Bonchev–Trinajstić information content (AvgIpc) is 2.85. The molecule has 0 heterocycles. The molecule has 0 amide bonds. The molecule has 20 heavy (non-hydrogen) atoms. The van der Waals surface area contributed by atoms with Crippen LogP contribution >= 0.6 is 23.2 Å². The minimum Gasteiger partial charge on any atom is -0.388 e. The number of aliphatic hydroxyl groups is 1. The molecule has 1 nitrogen and oxygen atoms in total. The van der Waals surface area contributed by atoms with Crippen LogP contribution in [0.3, 0.4) is 0 Å². The summed E-state index contributed by atoms with van der Waals surface area (Å²) in [6.45, 7) is 0. The van der Waals surface area contributed by atoms with E-state index in [9.17, 15) is 5.11 Å². The molecule has 104 valence electrons. The molecular weight excluding hydrogens is 291 g/mol. The number of aliphatic hydroxyl groups excluding tert-OH is 1. The molecule has 1 atom stereocenters. The van der Waals surface area contributed by atoms with Crippen LogP contribution in [0.15, 0.2) is 36.4 Å². The monoisotopic (exact) mass is 306 g/mol. The Balaban J connectivity index is 1.84. The number of aryl methyl sites for hydroxylation is 2. The Labute approximate surface area is 129 Å². The smallest absolute Gasteiger partial charge is 0.0859 e. The summed E-state index contributed by atoms with van der Waals surface area (Å²) >= 11 is 12.3. The average molecular weight is 307 g/mol. The van der Waals surface area contributed by atoms with E-state index in [1.54, 1.807) is 18.2 Å². The van der Waals surface area contributed by atoms with E-state index in [-0.39, 0.29) is 0 Å². The zero-order chi connectivity index (χ0) is 14.1. The molecule has 0 aromatic heterocycles. The van der Waals surface area contributed by atoms with Crippen LogP contribution in [0.25, 0.3) is 0 Å². The molecule has 1 unspecified atom stereocenters. The minimum absolute atomic E-state index is 0.520. The van der Waals surface area contributed by atoms with Crippen molar-refractivity contribution in [1.29, 1.82) is 0 Å². The molecule has 0 radical (unpaired) electrons. The summed E-state index contributed by atoms with van der Waals surface area (Å²) in [5.74, 6) is 0. The molecule has 0 spiro atoms. The standard InChI is InChI=1S/C17H16Cl2O/c18-14-5-2-6-15(19)17(14)16(20)10-11-7-8-12-3-1-4-13(12)9-11/h2,5-9,16,20H,1,3-4,10H2. The van der Waals surface area contributed by atoms with Crippen molar-refractivity contribution in [3.05, 3.63) is 68.7 Å². The normalized spacial score (nSPS) is 15.2. The predicted molar refractivity (Wildman–Crippen MR) is 83.6 cm³/mol. The molecule has 0 saturated heterocycles.